The van der Waals surface area contributed by atoms with E-state index < -0.39 is 0 Å². The van der Waals surface area contributed by atoms with Crippen LogP contribution in [0.5, 0.6) is 0 Å². The molecule has 0 spiro atoms. The molecule has 1 heterocycles. The topological polar surface area (TPSA) is 46.3 Å². The van der Waals surface area contributed by atoms with E-state index in [-0.39, 0.29) is 18.3 Å². The minimum atomic E-state index is 0. The molecule has 0 saturated carbocycles. The van der Waals surface area contributed by atoms with Gasteiger partial charge >= 0.3 is 0 Å². The minimum absolute atomic E-state index is 0. The summed E-state index contributed by atoms with van der Waals surface area (Å²) in [6.45, 7) is 3.70. The lowest BCUT2D eigenvalue weighted by molar-refractivity contribution is -0.135. The number of amides is 1. The fourth-order valence-corrected chi connectivity index (χ4v) is 2.40. The number of carbonyl (C=O) groups excluding carboxylic acids is 1. The summed E-state index contributed by atoms with van der Waals surface area (Å²) in [7, 11) is 0. The number of piperidine rings is 1. The zero-order valence-corrected chi connectivity index (χ0v) is 11.1. The predicted octanol–water partition coefficient (Wildman–Crippen LogP) is 1.36. The van der Waals surface area contributed by atoms with E-state index in [9.17, 15) is 4.79 Å². The van der Waals surface area contributed by atoms with E-state index in [1.807, 2.05) is 18.1 Å². The Morgan fingerprint density at radius 1 is 1.53 bits per heavy atom. The van der Waals surface area contributed by atoms with Gasteiger partial charge in [0.2, 0.25) is 5.91 Å². The Balaban J connectivity index is 0.00000196. The van der Waals surface area contributed by atoms with Crippen molar-refractivity contribution in [1.29, 1.82) is 0 Å². The highest BCUT2D eigenvalue weighted by atomic mass is 35.5. The van der Waals surface area contributed by atoms with Crippen LogP contribution in [0.4, 0.5) is 0 Å². The first-order valence-corrected chi connectivity index (χ1v) is 6.58. The van der Waals surface area contributed by atoms with Crippen LogP contribution >= 0.6 is 24.2 Å². The number of thioether (sulfide) groups is 1. The van der Waals surface area contributed by atoms with Gasteiger partial charge in [-0.3, -0.25) is 4.79 Å². The van der Waals surface area contributed by atoms with Crippen LogP contribution in [-0.4, -0.2) is 41.9 Å². The largest absolute Gasteiger partial charge is 0.342 e. The summed E-state index contributed by atoms with van der Waals surface area (Å²) in [5, 5.41) is 0. The summed E-state index contributed by atoms with van der Waals surface area (Å²) >= 11 is 1.73. The first kappa shape index (κ1) is 15.1. The van der Waals surface area contributed by atoms with Crippen LogP contribution in [0, 0.1) is 5.92 Å². The van der Waals surface area contributed by atoms with Crippen molar-refractivity contribution in [2.24, 2.45) is 11.7 Å². The van der Waals surface area contributed by atoms with Crippen molar-refractivity contribution in [2.45, 2.75) is 25.8 Å². The number of hydrogen-bond donors (Lipinski definition) is 1. The molecule has 2 N–H and O–H groups in total. The number of rotatable bonds is 3. The molecule has 3 nitrogen and oxygen atoms in total. The van der Waals surface area contributed by atoms with Crippen molar-refractivity contribution in [3.8, 4) is 0 Å². The lowest BCUT2D eigenvalue weighted by Crippen LogP contribution is -2.45. The fourth-order valence-electron chi connectivity index (χ4n) is 1.75. The number of hydrogen-bond acceptors (Lipinski definition) is 3. The molecule has 0 aromatic rings. The Morgan fingerprint density at radius 2 is 2.07 bits per heavy atom. The molecule has 1 rings (SSSR count). The second-order valence-electron chi connectivity index (χ2n) is 4.02. The van der Waals surface area contributed by atoms with Crippen molar-refractivity contribution in [3.05, 3.63) is 0 Å². The second-order valence-corrected chi connectivity index (χ2v) is 4.93. The van der Waals surface area contributed by atoms with E-state index in [4.69, 9.17) is 5.73 Å². The van der Waals surface area contributed by atoms with Crippen molar-refractivity contribution in [1.82, 2.24) is 4.90 Å². The van der Waals surface area contributed by atoms with Gasteiger partial charge in [0.25, 0.3) is 0 Å². The minimum Gasteiger partial charge on any atom is -0.342 e. The maximum absolute atomic E-state index is 11.9. The number of nitrogens with two attached hydrogens (primary N) is 1. The lowest BCUT2D eigenvalue weighted by Gasteiger charge is -2.32. The van der Waals surface area contributed by atoms with Crippen LogP contribution in [0.15, 0.2) is 0 Å². The van der Waals surface area contributed by atoms with Crippen LogP contribution in [0.2, 0.25) is 0 Å². The quantitative estimate of drug-likeness (QED) is 0.825. The summed E-state index contributed by atoms with van der Waals surface area (Å²) in [5.41, 5.74) is 5.79. The molecule has 1 unspecified atom stereocenters. The number of likely N-dealkylation sites (tertiary alicyclic amines) is 1. The zero-order chi connectivity index (χ0) is 10.6. The van der Waals surface area contributed by atoms with Gasteiger partial charge in [0.05, 0.1) is 0 Å². The molecule has 0 aromatic carbocycles. The summed E-state index contributed by atoms with van der Waals surface area (Å²) < 4.78 is 0. The molecule has 1 aliphatic heterocycles. The molecule has 1 fully saturated rings. The van der Waals surface area contributed by atoms with Crippen LogP contribution < -0.4 is 5.73 Å². The van der Waals surface area contributed by atoms with E-state index in [1.54, 1.807) is 11.8 Å². The van der Waals surface area contributed by atoms with E-state index in [1.165, 1.54) is 0 Å². The monoisotopic (exact) mass is 252 g/mol. The highest BCUT2D eigenvalue weighted by Gasteiger charge is 2.23. The molecule has 5 heteroatoms. The van der Waals surface area contributed by atoms with Gasteiger partial charge < -0.3 is 10.6 Å². The number of nitrogens with zero attached hydrogens (tertiary/aromatic N) is 1. The van der Waals surface area contributed by atoms with Crippen molar-refractivity contribution in [2.75, 3.05) is 25.1 Å². The molecule has 15 heavy (non-hydrogen) atoms. The summed E-state index contributed by atoms with van der Waals surface area (Å²) in [6, 6.07) is 0.301. The molecule has 0 radical (unpaired) electrons. The molecule has 0 aliphatic carbocycles. The molecular formula is C10H21ClN2OS. The molecule has 0 bridgehead atoms. The van der Waals surface area contributed by atoms with Gasteiger partial charge in [0, 0.05) is 30.8 Å². The van der Waals surface area contributed by atoms with Gasteiger partial charge in [-0.05, 0) is 19.1 Å². The molecule has 90 valence electrons. The summed E-state index contributed by atoms with van der Waals surface area (Å²) in [6.07, 6.45) is 3.95. The highest BCUT2D eigenvalue weighted by molar-refractivity contribution is 7.98. The van der Waals surface area contributed by atoms with Crippen molar-refractivity contribution < 1.29 is 4.79 Å². The summed E-state index contributed by atoms with van der Waals surface area (Å²) in [4.78, 5) is 13.8. The Hall–Kier alpha value is 0.0700. The van der Waals surface area contributed by atoms with Gasteiger partial charge in [0.15, 0.2) is 0 Å². The highest BCUT2D eigenvalue weighted by Crippen LogP contribution is 2.14. The first-order chi connectivity index (χ1) is 6.65. The van der Waals surface area contributed by atoms with Crippen LogP contribution in [-0.2, 0) is 4.79 Å². The van der Waals surface area contributed by atoms with Crippen LogP contribution in [0.1, 0.15) is 19.8 Å². The van der Waals surface area contributed by atoms with E-state index in [0.29, 0.717) is 11.9 Å². The zero-order valence-electron chi connectivity index (χ0n) is 9.44. The Kier molecular flexibility index (Phi) is 7.40. The molecule has 1 saturated heterocycles. The Morgan fingerprint density at radius 3 is 2.53 bits per heavy atom. The van der Waals surface area contributed by atoms with Gasteiger partial charge in [-0.15, -0.1) is 12.4 Å². The average Bonchev–Trinajstić information content (AvgIpc) is 2.18. The number of carbonyl (C=O) groups is 1. The Bertz CT molecular complexity index is 196. The van der Waals surface area contributed by atoms with Crippen molar-refractivity contribution >= 4 is 30.1 Å². The molecule has 1 aliphatic rings. The molecule has 1 atom stereocenters. The molecular weight excluding hydrogens is 232 g/mol. The third kappa shape index (κ3) is 4.62. The molecule has 0 aromatic heterocycles. The first-order valence-electron chi connectivity index (χ1n) is 5.18. The predicted molar refractivity (Wildman–Crippen MR) is 68.6 cm³/mol. The van der Waals surface area contributed by atoms with E-state index >= 15 is 0 Å². The fraction of sp³-hybridized carbons (Fsp3) is 0.900. The summed E-state index contributed by atoms with van der Waals surface area (Å²) in [5.74, 6) is 1.37. The van der Waals surface area contributed by atoms with Crippen molar-refractivity contribution in [3.63, 3.8) is 0 Å². The SMILES string of the molecule is CSCC(C)C(=O)N1CCC(N)CC1.Cl. The van der Waals surface area contributed by atoms with Gasteiger partial charge in [-0.25, -0.2) is 0 Å². The lowest BCUT2D eigenvalue weighted by atomic mass is 10.0. The second kappa shape index (κ2) is 7.36. The van der Waals surface area contributed by atoms with E-state index in [0.717, 1.165) is 31.7 Å². The third-order valence-corrected chi connectivity index (χ3v) is 3.52. The normalized spacial score (nSPS) is 19.5. The van der Waals surface area contributed by atoms with Crippen LogP contribution in [0.25, 0.3) is 0 Å². The Labute approximate surface area is 103 Å². The van der Waals surface area contributed by atoms with Gasteiger partial charge in [-0.2, -0.15) is 11.8 Å². The third-order valence-electron chi connectivity index (χ3n) is 2.69. The maximum atomic E-state index is 11.9. The standard InChI is InChI=1S/C10H20N2OS.ClH/c1-8(7-14-2)10(13)12-5-3-9(11)4-6-12;/h8-9H,3-7,11H2,1-2H3;1H. The molecule has 1 amide bonds. The number of halogens is 1. The van der Waals surface area contributed by atoms with Gasteiger partial charge in [-0.1, -0.05) is 6.92 Å². The maximum Gasteiger partial charge on any atom is 0.226 e. The smallest absolute Gasteiger partial charge is 0.226 e. The van der Waals surface area contributed by atoms with E-state index in [2.05, 4.69) is 0 Å². The van der Waals surface area contributed by atoms with Gasteiger partial charge in [0.1, 0.15) is 0 Å². The average molecular weight is 253 g/mol. The van der Waals surface area contributed by atoms with Crippen LogP contribution in [0.3, 0.4) is 0 Å².